The third-order valence-corrected chi connectivity index (χ3v) is 3.85. The van der Waals surface area contributed by atoms with Gasteiger partial charge in [-0.2, -0.15) is 0 Å². The van der Waals surface area contributed by atoms with Crippen molar-refractivity contribution in [2.45, 2.75) is 5.75 Å². The zero-order valence-corrected chi connectivity index (χ0v) is 13.6. The van der Waals surface area contributed by atoms with Gasteiger partial charge in [0.25, 0.3) is 0 Å². The van der Waals surface area contributed by atoms with Crippen LogP contribution in [0.4, 0.5) is 5.69 Å². The minimum absolute atomic E-state index is 0.111. The second-order valence-corrected chi connectivity index (χ2v) is 5.51. The zero-order valence-electron chi connectivity index (χ0n) is 12.8. The standard InChI is InChI=1S/C16H17NO5S/c1-20-12-5-3-11(4-6-12)17-15(18)10-23-9-13-7-8-14(22-13)16(19)21-2/h3-8H,9-10H2,1-2H3,(H,17,18). The van der Waals surface area contributed by atoms with Crippen LogP contribution in [0.15, 0.2) is 40.8 Å². The number of amides is 1. The maximum atomic E-state index is 11.8. The lowest BCUT2D eigenvalue weighted by Crippen LogP contribution is -2.14. The van der Waals surface area contributed by atoms with Crippen molar-refractivity contribution in [3.8, 4) is 5.75 Å². The summed E-state index contributed by atoms with van der Waals surface area (Å²) in [5.74, 6) is 1.65. The Morgan fingerprint density at radius 3 is 2.52 bits per heavy atom. The monoisotopic (exact) mass is 335 g/mol. The second-order valence-electron chi connectivity index (χ2n) is 4.53. The number of esters is 1. The van der Waals surface area contributed by atoms with Crippen molar-refractivity contribution in [3.63, 3.8) is 0 Å². The maximum absolute atomic E-state index is 11.8. The van der Waals surface area contributed by atoms with Gasteiger partial charge in [-0.05, 0) is 36.4 Å². The van der Waals surface area contributed by atoms with Crippen LogP contribution in [0.2, 0.25) is 0 Å². The van der Waals surface area contributed by atoms with E-state index in [1.54, 1.807) is 43.5 Å². The summed E-state index contributed by atoms with van der Waals surface area (Å²) in [6.45, 7) is 0. The molecule has 0 radical (unpaired) electrons. The number of hydrogen-bond donors (Lipinski definition) is 1. The molecule has 1 N–H and O–H groups in total. The van der Waals surface area contributed by atoms with Gasteiger partial charge in [0.05, 0.1) is 25.7 Å². The van der Waals surface area contributed by atoms with Crippen molar-refractivity contribution in [2.24, 2.45) is 0 Å². The SMILES string of the molecule is COC(=O)c1ccc(CSCC(=O)Nc2ccc(OC)cc2)o1. The molecule has 6 nitrogen and oxygen atoms in total. The third-order valence-electron chi connectivity index (χ3n) is 2.90. The summed E-state index contributed by atoms with van der Waals surface area (Å²) in [6.07, 6.45) is 0. The Kier molecular flexibility index (Phi) is 6.10. The molecule has 1 aromatic carbocycles. The van der Waals surface area contributed by atoms with Crippen molar-refractivity contribution >= 4 is 29.3 Å². The first-order valence-electron chi connectivity index (χ1n) is 6.81. The fourth-order valence-corrected chi connectivity index (χ4v) is 2.50. The van der Waals surface area contributed by atoms with E-state index in [4.69, 9.17) is 9.15 Å². The molecule has 1 amide bonds. The van der Waals surface area contributed by atoms with Crippen molar-refractivity contribution in [1.29, 1.82) is 0 Å². The maximum Gasteiger partial charge on any atom is 0.373 e. The number of benzene rings is 1. The van der Waals surface area contributed by atoms with E-state index in [1.807, 2.05) is 0 Å². The summed E-state index contributed by atoms with van der Waals surface area (Å²) in [5, 5.41) is 2.79. The number of ether oxygens (including phenoxy) is 2. The van der Waals surface area contributed by atoms with Crippen molar-refractivity contribution in [3.05, 3.63) is 47.9 Å². The first-order valence-corrected chi connectivity index (χ1v) is 7.96. The first kappa shape index (κ1) is 17.0. The predicted molar refractivity (Wildman–Crippen MR) is 87.8 cm³/mol. The van der Waals surface area contributed by atoms with Crippen LogP contribution in [-0.2, 0) is 15.3 Å². The summed E-state index contributed by atoms with van der Waals surface area (Å²) in [5.41, 5.74) is 0.711. The average molecular weight is 335 g/mol. The molecule has 0 atom stereocenters. The number of methoxy groups -OCH3 is 2. The van der Waals surface area contributed by atoms with Crippen LogP contribution < -0.4 is 10.1 Å². The molecule has 0 fully saturated rings. The molecule has 7 heteroatoms. The normalized spacial score (nSPS) is 10.2. The molecule has 0 aliphatic heterocycles. The van der Waals surface area contributed by atoms with Gasteiger partial charge in [0.1, 0.15) is 11.5 Å². The Balaban J connectivity index is 1.75. The molecule has 0 spiro atoms. The van der Waals surface area contributed by atoms with Crippen molar-refractivity contribution in [1.82, 2.24) is 0 Å². The molecular formula is C16H17NO5S. The third kappa shape index (κ3) is 5.07. The highest BCUT2D eigenvalue weighted by Gasteiger charge is 2.11. The van der Waals surface area contributed by atoms with Crippen molar-refractivity contribution < 1.29 is 23.5 Å². The zero-order chi connectivity index (χ0) is 16.7. The Morgan fingerprint density at radius 2 is 1.87 bits per heavy atom. The second kappa shape index (κ2) is 8.28. The number of hydrogen-bond acceptors (Lipinski definition) is 6. The summed E-state index contributed by atoms with van der Waals surface area (Å²) in [6, 6.07) is 10.4. The van der Waals surface area contributed by atoms with Crippen LogP contribution in [0.5, 0.6) is 5.75 Å². The van der Waals surface area contributed by atoms with Crippen LogP contribution in [0.25, 0.3) is 0 Å². The molecule has 2 rings (SSSR count). The molecule has 0 aliphatic rings. The highest BCUT2D eigenvalue weighted by molar-refractivity contribution is 7.99. The van der Waals surface area contributed by atoms with Crippen LogP contribution in [0, 0.1) is 0 Å². The van der Waals surface area contributed by atoms with Gasteiger partial charge in [0.15, 0.2) is 0 Å². The van der Waals surface area contributed by atoms with Crippen LogP contribution in [0.1, 0.15) is 16.3 Å². The molecule has 2 aromatic rings. The van der Waals surface area contributed by atoms with Crippen LogP contribution in [-0.4, -0.2) is 31.8 Å². The number of rotatable bonds is 7. The quantitative estimate of drug-likeness (QED) is 0.784. The summed E-state index contributed by atoms with van der Waals surface area (Å²) >= 11 is 1.39. The van der Waals surface area contributed by atoms with Crippen molar-refractivity contribution in [2.75, 3.05) is 25.3 Å². The summed E-state index contributed by atoms with van der Waals surface area (Å²) in [7, 11) is 2.88. The van der Waals surface area contributed by atoms with E-state index >= 15 is 0 Å². The Bertz CT molecular complexity index is 665. The molecule has 122 valence electrons. The van der Waals surface area contributed by atoms with Gasteiger partial charge in [-0.25, -0.2) is 4.79 Å². The van der Waals surface area contributed by atoms with Gasteiger partial charge < -0.3 is 19.2 Å². The highest BCUT2D eigenvalue weighted by atomic mass is 32.2. The molecule has 23 heavy (non-hydrogen) atoms. The summed E-state index contributed by atoms with van der Waals surface area (Å²) < 4.78 is 14.9. The van der Waals surface area contributed by atoms with Gasteiger partial charge in [-0.15, -0.1) is 11.8 Å². The molecular weight excluding hydrogens is 318 g/mol. The number of anilines is 1. The van der Waals surface area contributed by atoms with Gasteiger partial charge in [-0.3, -0.25) is 4.79 Å². The van der Waals surface area contributed by atoms with E-state index in [2.05, 4.69) is 10.1 Å². The smallest absolute Gasteiger partial charge is 0.373 e. The molecule has 0 unspecified atom stereocenters. The largest absolute Gasteiger partial charge is 0.497 e. The van der Waals surface area contributed by atoms with E-state index in [0.29, 0.717) is 17.2 Å². The Labute approximate surface area is 138 Å². The van der Waals surface area contributed by atoms with Gasteiger partial charge in [-0.1, -0.05) is 0 Å². The minimum Gasteiger partial charge on any atom is -0.497 e. The highest BCUT2D eigenvalue weighted by Crippen LogP contribution is 2.18. The predicted octanol–water partition coefficient (Wildman–Crippen LogP) is 2.95. The lowest BCUT2D eigenvalue weighted by atomic mass is 10.3. The number of carbonyl (C=O) groups excluding carboxylic acids is 2. The van der Waals surface area contributed by atoms with Crippen LogP contribution >= 0.6 is 11.8 Å². The van der Waals surface area contributed by atoms with Gasteiger partial charge in [0.2, 0.25) is 11.7 Å². The minimum atomic E-state index is -0.515. The van der Waals surface area contributed by atoms with E-state index in [-0.39, 0.29) is 17.4 Å². The topological polar surface area (TPSA) is 77.8 Å². The van der Waals surface area contributed by atoms with Gasteiger partial charge >= 0.3 is 5.97 Å². The molecule has 0 bridgehead atoms. The fraction of sp³-hybridized carbons (Fsp3) is 0.250. The summed E-state index contributed by atoms with van der Waals surface area (Å²) in [4.78, 5) is 23.1. The van der Waals surface area contributed by atoms with Crippen LogP contribution in [0.3, 0.4) is 0 Å². The molecule has 0 saturated heterocycles. The lowest BCUT2D eigenvalue weighted by Gasteiger charge is -2.05. The number of nitrogens with one attached hydrogen (secondary N) is 1. The Morgan fingerprint density at radius 1 is 1.13 bits per heavy atom. The fourth-order valence-electron chi connectivity index (χ4n) is 1.78. The van der Waals surface area contributed by atoms with E-state index < -0.39 is 5.97 Å². The molecule has 1 aromatic heterocycles. The van der Waals surface area contributed by atoms with E-state index in [1.165, 1.54) is 18.9 Å². The average Bonchev–Trinajstić information content (AvgIpc) is 3.03. The first-order chi connectivity index (χ1) is 11.1. The van der Waals surface area contributed by atoms with E-state index in [9.17, 15) is 9.59 Å². The number of furan rings is 1. The number of thioether (sulfide) groups is 1. The molecule has 0 saturated carbocycles. The molecule has 0 aliphatic carbocycles. The van der Waals surface area contributed by atoms with E-state index in [0.717, 1.165) is 5.75 Å². The Hall–Kier alpha value is -2.41. The lowest BCUT2D eigenvalue weighted by molar-refractivity contribution is -0.113. The van der Waals surface area contributed by atoms with Gasteiger partial charge in [0, 0.05) is 5.69 Å². The molecule has 1 heterocycles. The number of carbonyl (C=O) groups is 2.